The summed E-state index contributed by atoms with van der Waals surface area (Å²) in [6, 6.07) is 6.18. The molecule has 1 N–H and O–H groups in total. The van der Waals surface area contributed by atoms with Gasteiger partial charge in [0.05, 0.1) is 0 Å². The summed E-state index contributed by atoms with van der Waals surface area (Å²) in [5, 5.41) is 3.10. The van der Waals surface area contributed by atoms with Gasteiger partial charge < -0.3 is 10.1 Å². The zero-order chi connectivity index (χ0) is 14.5. The smallest absolute Gasteiger partial charge is 0.224 e. The molecule has 0 saturated heterocycles. The minimum absolute atomic E-state index is 0.127. The third-order valence-electron chi connectivity index (χ3n) is 2.53. The number of rotatable bonds is 5. The summed E-state index contributed by atoms with van der Waals surface area (Å²) in [5.74, 6) is 1.33. The van der Waals surface area contributed by atoms with Crippen LogP contribution >= 0.6 is 15.9 Å². The van der Waals surface area contributed by atoms with Crippen LogP contribution in [0.2, 0.25) is 0 Å². The summed E-state index contributed by atoms with van der Waals surface area (Å²) in [4.78, 5) is 8.56. The van der Waals surface area contributed by atoms with E-state index in [1.165, 1.54) is 6.07 Å². The SMILES string of the molecule is CCNc1cc(Oc2cc(Br)ccc2F)nc(CC)n1. The second-order valence-corrected chi connectivity index (χ2v) is 4.98. The van der Waals surface area contributed by atoms with Crippen LogP contribution < -0.4 is 10.1 Å². The van der Waals surface area contributed by atoms with Gasteiger partial charge >= 0.3 is 0 Å². The Hall–Kier alpha value is -1.69. The van der Waals surface area contributed by atoms with Crippen molar-refractivity contribution in [2.75, 3.05) is 11.9 Å². The van der Waals surface area contributed by atoms with Crippen molar-refractivity contribution in [3.05, 3.63) is 40.4 Å². The van der Waals surface area contributed by atoms with Gasteiger partial charge in [-0.05, 0) is 25.1 Å². The predicted octanol–water partition coefficient (Wildman–Crippen LogP) is 4.16. The Labute approximate surface area is 125 Å². The van der Waals surface area contributed by atoms with Crippen LogP contribution in [0.3, 0.4) is 0 Å². The quantitative estimate of drug-likeness (QED) is 0.888. The Morgan fingerprint density at radius 3 is 2.75 bits per heavy atom. The number of anilines is 1. The van der Waals surface area contributed by atoms with E-state index in [0.717, 1.165) is 11.0 Å². The van der Waals surface area contributed by atoms with Crippen LogP contribution in [0.25, 0.3) is 0 Å². The molecule has 0 unspecified atom stereocenters. The first-order chi connectivity index (χ1) is 9.62. The molecule has 20 heavy (non-hydrogen) atoms. The summed E-state index contributed by atoms with van der Waals surface area (Å²) in [7, 11) is 0. The minimum atomic E-state index is -0.435. The summed E-state index contributed by atoms with van der Waals surface area (Å²) in [5.41, 5.74) is 0. The molecular formula is C14H15BrFN3O. The van der Waals surface area contributed by atoms with Gasteiger partial charge in [0.2, 0.25) is 5.88 Å². The van der Waals surface area contributed by atoms with Gasteiger partial charge in [0, 0.05) is 23.5 Å². The largest absolute Gasteiger partial charge is 0.436 e. The monoisotopic (exact) mass is 339 g/mol. The van der Waals surface area contributed by atoms with E-state index in [0.29, 0.717) is 23.9 Å². The zero-order valence-electron chi connectivity index (χ0n) is 11.3. The molecule has 2 aromatic rings. The van der Waals surface area contributed by atoms with Gasteiger partial charge in [-0.15, -0.1) is 0 Å². The highest BCUT2D eigenvalue weighted by atomic mass is 79.9. The maximum atomic E-state index is 13.7. The van der Waals surface area contributed by atoms with E-state index in [1.807, 2.05) is 13.8 Å². The van der Waals surface area contributed by atoms with Crippen molar-refractivity contribution in [1.29, 1.82) is 0 Å². The first-order valence-electron chi connectivity index (χ1n) is 6.37. The van der Waals surface area contributed by atoms with Gasteiger partial charge in [-0.2, -0.15) is 4.98 Å². The van der Waals surface area contributed by atoms with Crippen molar-refractivity contribution in [2.24, 2.45) is 0 Å². The van der Waals surface area contributed by atoms with E-state index in [2.05, 4.69) is 31.2 Å². The molecule has 4 nitrogen and oxygen atoms in total. The van der Waals surface area contributed by atoms with Crippen molar-refractivity contribution < 1.29 is 9.13 Å². The average molecular weight is 340 g/mol. The van der Waals surface area contributed by atoms with Crippen molar-refractivity contribution in [1.82, 2.24) is 9.97 Å². The standard InChI is InChI=1S/C14H15BrFN3O/c1-3-12-18-13(17-4-2)8-14(19-12)20-11-7-9(15)5-6-10(11)16/h5-8H,3-4H2,1-2H3,(H,17,18,19). The molecule has 0 aliphatic heterocycles. The molecule has 0 saturated carbocycles. The maximum absolute atomic E-state index is 13.7. The molecule has 0 fully saturated rings. The molecule has 0 atom stereocenters. The van der Waals surface area contributed by atoms with Gasteiger partial charge in [0.15, 0.2) is 11.6 Å². The molecule has 2 rings (SSSR count). The zero-order valence-corrected chi connectivity index (χ0v) is 12.9. The van der Waals surface area contributed by atoms with Crippen molar-refractivity contribution in [3.8, 4) is 11.6 Å². The van der Waals surface area contributed by atoms with Crippen molar-refractivity contribution in [2.45, 2.75) is 20.3 Å². The molecule has 0 bridgehead atoms. The fraction of sp³-hybridized carbons (Fsp3) is 0.286. The van der Waals surface area contributed by atoms with Crippen LogP contribution in [0.1, 0.15) is 19.7 Å². The summed E-state index contributed by atoms with van der Waals surface area (Å²) >= 11 is 3.29. The van der Waals surface area contributed by atoms with Crippen LogP contribution in [0.15, 0.2) is 28.7 Å². The van der Waals surface area contributed by atoms with E-state index in [-0.39, 0.29) is 5.75 Å². The predicted molar refractivity (Wildman–Crippen MR) is 79.7 cm³/mol. The molecule has 0 radical (unpaired) electrons. The fourth-order valence-corrected chi connectivity index (χ4v) is 1.96. The second-order valence-electron chi connectivity index (χ2n) is 4.07. The van der Waals surface area contributed by atoms with Gasteiger partial charge in [-0.3, -0.25) is 0 Å². The van der Waals surface area contributed by atoms with Gasteiger partial charge in [-0.25, -0.2) is 9.37 Å². The Balaban J connectivity index is 2.32. The number of benzene rings is 1. The van der Waals surface area contributed by atoms with E-state index in [9.17, 15) is 4.39 Å². The highest BCUT2D eigenvalue weighted by Gasteiger charge is 2.09. The van der Waals surface area contributed by atoms with E-state index >= 15 is 0 Å². The molecule has 1 aromatic heterocycles. The molecular weight excluding hydrogens is 325 g/mol. The minimum Gasteiger partial charge on any atom is -0.436 e. The number of nitrogens with zero attached hydrogens (tertiary/aromatic N) is 2. The van der Waals surface area contributed by atoms with Crippen LogP contribution in [0.4, 0.5) is 10.2 Å². The van der Waals surface area contributed by atoms with E-state index in [4.69, 9.17) is 4.74 Å². The number of nitrogens with one attached hydrogen (secondary N) is 1. The van der Waals surface area contributed by atoms with E-state index in [1.54, 1.807) is 18.2 Å². The number of hydrogen-bond donors (Lipinski definition) is 1. The summed E-state index contributed by atoms with van der Waals surface area (Å²) in [6.45, 7) is 4.67. The highest BCUT2D eigenvalue weighted by Crippen LogP contribution is 2.27. The average Bonchev–Trinajstić information content (AvgIpc) is 2.43. The van der Waals surface area contributed by atoms with Crippen LogP contribution in [0, 0.1) is 5.82 Å². The Bertz CT molecular complexity index is 607. The normalized spacial score (nSPS) is 10.4. The lowest BCUT2D eigenvalue weighted by atomic mass is 10.3. The van der Waals surface area contributed by atoms with Gasteiger partial charge in [0.25, 0.3) is 0 Å². The highest BCUT2D eigenvalue weighted by molar-refractivity contribution is 9.10. The lowest BCUT2D eigenvalue weighted by molar-refractivity contribution is 0.424. The Morgan fingerprint density at radius 2 is 2.05 bits per heavy atom. The third kappa shape index (κ3) is 3.66. The lowest BCUT2D eigenvalue weighted by Gasteiger charge is -2.10. The van der Waals surface area contributed by atoms with Crippen molar-refractivity contribution in [3.63, 3.8) is 0 Å². The number of aryl methyl sites for hydroxylation is 1. The first kappa shape index (κ1) is 14.7. The van der Waals surface area contributed by atoms with Gasteiger partial charge in [0.1, 0.15) is 11.6 Å². The van der Waals surface area contributed by atoms with Crippen LogP contribution in [-0.4, -0.2) is 16.5 Å². The molecule has 0 spiro atoms. The third-order valence-corrected chi connectivity index (χ3v) is 3.02. The number of halogens is 2. The van der Waals surface area contributed by atoms with Crippen LogP contribution in [-0.2, 0) is 6.42 Å². The summed E-state index contributed by atoms with van der Waals surface area (Å²) < 4.78 is 19.9. The van der Waals surface area contributed by atoms with E-state index < -0.39 is 5.82 Å². The first-order valence-corrected chi connectivity index (χ1v) is 7.16. The molecule has 6 heteroatoms. The summed E-state index contributed by atoms with van der Waals surface area (Å²) in [6.07, 6.45) is 0.677. The second kappa shape index (κ2) is 6.65. The lowest BCUT2D eigenvalue weighted by Crippen LogP contribution is -2.04. The fourth-order valence-electron chi connectivity index (χ4n) is 1.62. The molecule has 1 aromatic carbocycles. The van der Waals surface area contributed by atoms with Crippen LogP contribution in [0.5, 0.6) is 11.6 Å². The number of aromatic nitrogens is 2. The van der Waals surface area contributed by atoms with Crippen molar-refractivity contribution >= 4 is 21.7 Å². The maximum Gasteiger partial charge on any atom is 0.224 e. The Kier molecular flexibility index (Phi) is 4.89. The Morgan fingerprint density at radius 1 is 1.25 bits per heavy atom. The topological polar surface area (TPSA) is 47.0 Å². The number of hydrogen-bond acceptors (Lipinski definition) is 4. The van der Waals surface area contributed by atoms with Gasteiger partial charge in [-0.1, -0.05) is 22.9 Å². The molecule has 1 heterocycles. The molecule has 106 valence electrons. The number of ether oxygens (including phenoxy) is 1. The molecule has 0 aliphatic rings. The molecule has 0 amide bonds. The molecule has 0 aliphatic carbocycles.